The van der Waals surface area contributed by atoms with E-state index in [-0.39, 0.29) is 12.1 Å². The first-order valence-corrected chi connectivity index (χ1v) is 6.52. The summed E-state index contributed by atoms with van der Waals surface area (Å²) in [6.45, 7) is 6.38. The fourth-order valence-electron chi connectivity index (χ4n) is 3.03. The molecule has 0 radical (unpaired) electrons. The maximum absolute atomic E-state index is 11.1. The summed E-state index contributed by atoms with van der Waals surface area (Å²) in [5.74, 6) is 0.372. The van der Waals surface area contributed by atoms with Gasteiger partial charge >= 0.3 is 5.97 Å². The van der Waals surface area contributed by atoms with Gasteiger partial charge in [0.15, 0.2) is 0 Å². The van der Waals surface area contributed by atoms with Crippen molar-refractivity contribution >= 4 is 11.7 Å². The number of anilines is 1. The lowest BCUT2D eigenvalue weighted by atomic mass is 9.80. The van der Waals surface area contributed by atoms with Crippen molar-refractivity contribution in [3.05, 3.63) is 23.8 Å². The van der Waals surface area contributed by atoms with E-state index in [0.29, 0.717) is 5.92 Å². The van der Waals surface area contributed by atoms with Crippen LogP contribution in [-0.4, -0.2) is 30.3 Å². The Bertz CT molecular complexity index is 496. The summed E-state index contributed by atoms with van der Waals surface area (Å²) in [7, 11) is 1.63. The monoisotopic (exact) mass is 263 g/mol. The van der Waals surface area contributed by atoms with Gasteiger partial charge in [-0.1, -0.05) is 13.0 Å². The van der Waals surface area contributed by atoms with Gasteiger partial charge in [0.25, 0.3) is 0 Å². The highest BCUT2D eigenvalue weighted by molar-refractivity contribution is 5.76. The van der Waals surface area contributed by atoms with Crippen molar-refractivity contribution in [3.63, 3.8) is 0 Å². The van der Waals surface area contributed by atoms with Gasteiger partial charge in [-0.3, -0.25) is 4.79 Å². The fraction of sp³-hybridized carbons (Fsp3) is 0.533. The normalized spacial score (nSPS) is 20.8. The lowest BCUT2D eigenvalue weighted by molar-refractivity contribution is -0.135. The Labute approximate surface area is 114 Å². The fourth-order valence-corrected chi connectivity index (χ4v) is 3.03. The van der Waals surface area contributed by atoms with Gasteiger partial charge in [-0.2, -0.15) is 0 Å². The van der Waals surface area contributed by atoms with Crippen molar-refractivity contribution in [2.45, 2.75) is 38.6 Å². The third-order valence-electron chi connectivity index (χ3n) is 3.89. The highest BCUT2D eigenvalue weighted by Crippen LogP contribution is 2.44. The van der Waals surface area contributed by atoms with E-state index in [9.17, 15) is 4.79 Å². The summed E-state index contributed by atoms with van der Waals surface area (Å²) in [6, 6.07) is 5.92. The molecule has 0 saturated heterocycles. The molecule has 1 aromatic rings. The summed E-state index contributed by atoms with van der Waals surface area (Å²) in [6.07, 6.45) is 0.944. The van der Waals surface area contributed by atoms with Crippen molar-refractivity contribution in [3.8, 4) is 5.75 Å². The largest absolute Gasteiger partial charge is 0.497 e. The average molecular weight is 263 g/mol. The van der Waals surface area contributed by atoms with Crippen LogP contribution < -0.4 is 9.64 Å². The molecule has 1 N–H and O–H groups in total. The summed E-state index contributed by atoms with van der Waals surface area (Å²) in [4.78, 5) is 13.1. The van der Waals surface area contributed by atoms with Crippen molar-refractivity contribution in [2.75, 3.05) is 18.6 Å². The number of aliphatic carboxylic acids is 1. The second-order valence-corrected chi connectivity index (χ2v) is 5.82. The zero-order chi connectivity index (χ0) is 14.2. The minimum absolute atomic E-state index is 0.0138. The summed E-state index contributed by atoms with van der Waals surface area (Å²) in [5.41, 5.74) is 2.00. The van der Waals surface area contributed by atoms with Gasteiger partial charge in [-0.05, 0) is 37.8 Å². The second-order valence-electron chi connectivity index (χ2n) is 5.82. The average Bonchev–Trinajstić information content (AvgIpc) is 2.33. The van der Waals surface area contributed by atoms with Gasteiger partial charge in [-0.25, -0.2) is 0 Å². The van der Waals surface area contributed by atoms with Gasteiger partial charge < -0.3 is 14.7 Å². The summed E-state index contributed by atoms with van der Waals surface area (Å²) >= 11 is 0. The molecule has 0 saturated carbocycles. The molecule has 19 heavy (non-hydrogen) atoms. The number of rotatable bonds is 3. The molecule has 4 nitrogen and oxygen atoms in total. The maximum Gasteiger partial charge on any atom is 0.323 e. The molecular formula is C15H21NO3. The van der Waals surface area contributed by atoms with Gasteiger partial charge in [0.05, 0.1) is 7.11 Å². The number of carboxylic acid groups (broad SMARTS) is 1. The highest BCUT2D eigenvalue weighted by atomic mass is 16.5. The molecule has 104 valence electrons. The van der Waals surface area contributed by atoms with Crippen LogP contribution in [-0.2, 0) is 4.79 Å². The van der Waals surface area contributed by atoms with E-state index < -0.39 is 5.97 Å². The Kier molecular flexibility index (Phi) is 3.43. The Balaban J connectivity index is 2.52. The smallest absolute Gasteiger partial charge is 0.323 e. The molecule has 0 aliphatic carbocycles. The van der Waals surface area contributed by atoms with Crippen LogP contribution in [0.3, 0.4) is 0 Å². The Morgan fingerprint density at radius 3 is 2.79 bits per heavy atom. The minimum Gasteiger partial charge on any atom is -0.497 e. The number of fused-ring (bicyclic) bond motifs is 1. The quantitative estimate of drug-likeness (QED) is 0.911. The highest BCUT2D eigenvalue weighted by Gasteiger charge is 2.37. The molecule has 0 amide bonds. The third-order valence-corrected chi connectivity index (χ3v) is 3.89. The molecule has 1 aromatic carbocycles. The molecule has 1 atom stereocenters. The van der Waals surface area contributed by atoms with Gasteiger partial charge in [0.1, 0.15) is 12.3 Å². The topological polar surface area (TPSA) is 49.8 Å². The molecule has 0 spiro atoms. The van der Waals surface area contributed by atoms with Crippen LogP contribution in [0.25, 0.3) is 0 Å². The predicted octanol–water partition coefficient (Wildman–Crippen LogP) is 2.87. The van der Waals surface area contributed by atoms with E-state index in [2.05, 4.69) is 20.8 Å². The van der Waals surface area contributed by atoms with Crippen LogP contribution in [0.5, 0.6) is 5.75 Å². The molecular weight excluding hydrogens is 242 g/mol. The van der Waals surface area contributed by atoms with Crippen molar-refractivity contribution in [1.29, 1.82) is 0 Å². The summed E-state index contributed by atoms with van der Waals surface area (Å²) in [5, 5.41) is 9.14. The Morgan fingerprint density at radius 2 is 2.21 bits per heavy atom. The maximum atomic E-state index is 11.1. The van der Waals surface area contributed by atoms with Crippen LogP contribution in [0.15, 0.2) is 18.2 Å². The molecule has 1 aliphatic rings. The van der Waals surface area contributed by atoms with Crippen molar-refractivity contribution in [1.82, 2.24) is 0 Å². The SMILES string of the molecule is COc1ccc2c(c1)N(CC(=O)O)C(C)(C)CC2C. The molecule has 1 aliphatic heterocycles. The standard InChI is InChI=1S/C15H21NO3/c1-10-8-15(2,3)16(9-14(17)18)13-7-11(19-4)5-6-12(10)13/h5-7,10H,8-9H2,1-4H3,(H,17,18). The molecule has 2 rings (SSSR count). The summed E-state index contributed by atoms with van der Waals surface area (Å²) < 4.78 is 5.26. The number of methoxy groups -OCH3 is 1. The number of hydrogen-bond acceptors (Lipinski definition) is 3. The molecule has 1 heterocycles. The first-order valence-electron chi connectivity index (χ1n) is 6.52. The number of carbonyl (C=O) groups is 1. The second kappa shape index (κ2) is 4.76. The molecule has 0 fully saturated rings. The number of nitrogens with zero attached hydrogens (tertiary/aromatic N) is 1. The predicted molar refractivity (Wildman–Crippen MR) is 75.1 cm³/mol. The molecule has 4 heteroatoms. The minimum atomic E-state index is -0.809. The Morgan fingerprint density at radius 1 is 1.53 bits per heavy atom. The van der Waals surface area contributed by atoms with Gasteiger partial charge in [0.2, 0.25) is 0 Å². The van der Waals surface area contributed by atoms with E-state index in [1.807, 2.05) is 23.1 Å². The zero-order valence-electron chi connectivity index (χ0n) is 11.9. The number of benzene rings is 1. The number of carboxylic acids is 1. The van der Waals surface area contributed by atoms with E-state index in [0.717, 1.165) is 17.9 Å². The van der Waals surface area contributed by atoms with E-state index in [1.54, 1.807) is 7.11 Å². The van der Waals surface area contributed by atoms with Crippen LogP contribution >= 0.6 is 0 Å². The van der Waals surface area contributed by atoms with Gasteiger partial charge in [0, 0.05) is 17.3 Å². The molecule has 0 bridgehead atoms. The lowest BCUT2D eigenvalue weighted by Crippen LogP contribution is -2.50. The van der Waals surface area contributed by atoms with Gasteiger partial charge in [-0.15, -0.1) is 0 Å². The van der Waals surface area contributed by atoms with Crippen LogP contribution in [0.4, 0.5) is 5.69 Å². The third kappa shape index (κ3) is 2.53. The molecule has 0 aromatic heterocycles. The van der Waals surface area contributed by atoms with Crippen LogP contribution in [0.1, 0.15) is 38.7 Å². The first kappa shape index (κ1) is 13.7. The van der Waals surface area contributed by atoms with Crippen LogP contribution in [0, 0.1) is 0 Å². The Hall–Kier alpha value is -1.71. The van der Waals surface area contributed by atoms with Crippen molar-refractivity contribution < 1.29 is 14.6 Å². The van der Waals surface area contributed by atoms with E-state index >= 15 is 0 Å². The zero-order valence-corrected chi connectivity index (χ0v) is 11.9. The van der Waals surface area contributed by atoms with Crippen molar-refractivity contribution in [2.24, 2.45) is 0 Å². The molecule has 1 unspecified atom stereocenters. The van der Waals surface area contributed by atoms with E-state index in [1.165, 1.54) is 5.56 Å². The number of hydrogen-bond donors (Lipinski definition) is 1. The first-order chi connectivity index (χ1) is 8.85. The van der Waals surface area contributed by atoms with E-state index in [4.69, 9.17) is 9.84 Å². The van der Waals surface area contributed by atoms with Crippen LogP contribution in [0.2, 0.25) is 0 Å². The lowest BCUT2D eigenvalue weighted by Gasteiger charge is -2.46. The number of ether oxygens (including phenoxy) is 1.